The molecule has 0 saturated heterocycles. The monoisotopic (exact) mass is 201 g/mol. The summed E-state index contributed by atoms with van der Waals surface area (Å²) in [5, 5.41) is 8.87. The van der Waals surface area contributed by atoms with Crippen LogP contribution in [-0.2, 0) is 6.42 Å². The number of hydrogen-bond acceptors (Lipinski definition) is 2. The Labute approximate surface area is 90.5 Å². The first-order valence-corrected chi connectivity index (χ1v) is 5.43. The lowest BCUT2D eigenvalue weighted by atomic mass is 9.90. The first kappa shape index (κ1) is 10.0. The van der Waals surface area contributed by atoms with Crippen LogP contribution in [0, 0.1) is 11.3 Å². The van der Waals surface area contributed by atoms with Crippen LogP contribution in [0.15, 0.2) is 24.3 Å². The number of benzene rings is 1. The molecule has 0 bridgehead atoms. The van der Waals surface area contributed by atoms with Crippen LogP contribution < -0.4 is 4.74 Å². The summed E-state index contributed by atoms with van der Waals surface area (Å²) in [6.45, 7) is 2.13. The largest absolute Gasteiger partial charge is 0.486 e. The number of fused-ring (bicyclic) bond motifs is 1. The molecule has 0 spiro atoms. The van der Waals surface area contributed by atoms with E-state index in [0.717, 1.165) is 25.0 Å². The van der Waals surface area contributed by atoms with E-state index in [1.54, 1.807) is 0 Å². The Morgan fingerprint density at radius 1 is 1.47 bits per heavy atom. The predicted molar refractivity (Wildman–Crippen MR) is 58.6 cm³/mol. The second kappa shape index (κ2) is 3.94. The van der Waals surface area contributed by atoms with Crippen LogP contribution in [0.25, 0.3) is 0 Å². The smallest absolute Gasteiger partial charge is 0.126 e. The van der Waals surface area contributed by atoms with Gasteiger partial charge in [-0.15, -0.1) is 0 Å². The van der Waals surface area contributed by atoms with Gasteiger partial charge in [-0.05, 0) is 18.1 Å². The Morgan fingerprint density at radius 3 is 2.93 bits per heavy atom. The molecule has 1 atom stereocenters. The van der Waals surface area contributed by atoms with Gasteiger partial charge in [0.1, 0.15) is 11.4 Å². The van der Waals surface area contributed by atoms with Crippen molar-refractivity contribution in [1.29, 1.82) is 5.26 Å². The zero-order valence-electron chi connectivity index (χ0n) is 8.99. The summed E-state index contributed by atoms with van der Waals surface area (Å²) in [6, 6.07) is 10.3. The normalized spacial score (nSPS) is 22.9. The van der Waals surface area contributed by atoms with Crippen LogP contribution in [0.1, 0.15) is 31.7 Å². The summed E-state index contributed by atoms with van der Waals surface area (Å²) in [5.74, 6) is 0.959. The molecule has 1 heterocycles. The number of nitrogens with zero attached hydrogens (tertiary/aromatic N) is 1. The predicted octanol–water partition coefficient (Wildman–Crippen LogP) is 3.07. The van der Waals surface area contributed by atoms with Gasteiger partial charge in [-0.25, -0.2) is 0 Å². The lowest BCUT2D eigenvalue weighted by Gasteiger charge is -2.25. The zero-order chi connectivity index (χ0) is 10.7. The molecule has 1 aromatic carbocycles. The van der Waals surface area contributed by atoms with E-state index in [1.807, 2.05) is 18.2 Å². The minimum absolute atomic E-state index is 0.257. The molecule has 2 rings (SSSR count). The van der Waals surface area contributed by atoms with E-state index >= 15 is 0 Å². The first-order valence-electron chi connectivity index (χ1n) is 5.43. The third-order valence-electron chi connectivity index (χ3n) is 2.92. The minimum atomic E-state index is -0.257. The third kappa shape index (κ3) is 1.83. The molecule has 0 aliphatic carbocycles. The van der Waals surface area contributed by atoms with Crippen LogP contribution in [-0.4, -0.2) is 5.60 Å². The second-order valence-corrected chi connectivity index (χ2v) is 4.15. The quantitative estimate of drug-likeness (QED) is 0.753. The SMILES string of the molecule is CCCC1(CC#N)Cc2ccccc2O1. The van der Waals surface area contributed by atoms with E-state index in [-0.39, 0.29) is 5.60 Å². The van der Waals surface area contributed by atoms with Gasteiger partial charge in [0.05, 0.1) is 12.5 Å². The molecule has 2 nitrogen and oxygen atoms in total. The van der Waals surface area contributed by atoms with Crippen molar-refractivity contribution in [1.82, 2.24) is 0 Å². The topological polar surface area (TPSA) is 33.0 Å². The van der Waals surface area contributed by atoms with E-state index in [4.69, 9.17) is 10.00 Å². The molecular weight excluding hydrogens is 186 g/mol. The fraction of sp³-hybridized carbons (Fsp3) is 0.462. The third-order valence-corrected chi connectivity index (χ3v) is 2.92. The Morgan fingerprint density at radius 2 is 2.27 bits per heavy atom. The Bertz CT molecular complexity index is 367. The Balaban J connectivity index is 2.24. The maximum atomic E-state index is 8.87. The van der Waals surface area contributed by atoms with Crippen molar-refractivity contribution in [3.63, 3.8) is 0 Å². The lowest BCUT2D eigenvalue weighted by molar-refractivity contribution is 0.0887. The highest BCUT2D eigenvalue weighted by atomic mass is 16.5. The van der Waals surface area contributed by atoms with E-state index < -0.39 is 0 Å². The van der Waals surface area contributed by atoms with Crippen molar-refractivity contribution in [2.45, 2.75) is 38.2 Å². The maximum absolute atomic E-state index is 8.87. The summed E-state index contributed by atoms with van der Waals surface area (Å²) < 4.78 is 5.95. The van der Waals surface area contributed by atoms with Crippen molar-refractivity contribution < 1.29 is 4.74 Å². The summed E-state index contributed by atoms with van der Waals surface area (Å²) in [5.41, 5.74) is 0.980. The number of ether oxygens (including phenoxy) is 1. The average molecular weight is 201 g/mol. The van der Waals surface area contributed by atoms with Gasteiger partial charge in [-0.1, -0.05) is 31.5 Å². The summed E-state index contributed by atoms with van der Waals surface area (Å²) in [6.07, 6.45) is 3.37. The number of nitriles is 1. The van der Waals surface area contributed by atoms with Crippen molar-refractivity contribution in [2.24, 2.45) is 0 Å². The molecule has 78 valence electrons. The molecule has 1 aliphatic rings. The maximum Gasteiger partial charge on any atom is 0.126 e. The zero-order valence-corrected chi connectivity index (χ0v) is 8.99. The summed E-state index contributed by atoms with van der Waals surface area (Å²) in [7, 11) is 0. The van der Waals surface area contributed by atoms with Crippen molar-refractivity contribution >= 4 is 0 Å². The fourth-order valence-corrected chi connectivity index (χ4v) is 2.29. The second-order valence-electron chi connectivity index (χ2n) is 4.15. The van der Waals surface area contributed by atoms with Crippen LogP contribution in [0.2, 0.25) is 0 Å². The van der Waals surface area contributed by atoms with E-state index in [9.17, 15) is 0 Å². The van der Waals surface area contributed by atoms with Crippen molar-refractivity contribution in [2.75, 3.05) is 0 Å². The Kier molecular flexibility index (Phi) is 2.64. The number of para-hydroxylation sites is 1. The standard InChI is InChI=1S/C13H15NO/c1-2-7-13(8-9-14)10-11-5-3-4-6-12(11)15-13/h3-6H,2,7-8,10H2,1H3. The van der Waals surface area contributed by atoms with Gasteiger partial charge in [0, 0.05) is 6.42 Å². The van der Waals surface area contributed by atoms with Crippen LogP contribution in [0.5, 0.6) is 5.75 Å². The molecule has 1 aromatic rings. The highest BCUT2D eigenvalue weighted by molar-refractivity contribution is 5.39. The molecule has 15 heavy (non-hydrogen) atoms. The van der Waals surface area contributed by atoms with Crippen LogP contribution >= 0.6 is 0 Å². The van der Waals surface area contributed by atoms with Gasteiger partial charge < -0.3 is 4.74 Å². The van der Waals surface area contributed by atoms with Gasteiger partial charge in [-0.3, -0.25) is 0 Å². The number of rotatable bonds is 3. The molecule has 0 fully saturated rings. The molecule has 1 unspecified atom stereocenters. The van der Waals surface area contributed by atoms with Gasteiger partial charge >= 0.3 is 0 Å². The van der Waals surface area contributed by atoms with Gasteiger partial charge in [0.25, 0.3) is 0 Å². The fourth-order valence-electron chi connectivity index (χ4n) is 2.29. The highest BCUT2D eigenvalue weighted by Gasteiger charge is 2.38. The molecule has 0 aromatic heterocycles. The molecule has 0 radical (unpaired) electrons. The average Bonchev–Trinajstić information content (AvgIpc) is 2.56. The molecular formula is C13H15NO. The Hall–Kier alpha value is -1.49. The van der Waals surface area contributed by atoms with Gasteiger partial charge in [-0.2, -0.15) is 5.26 Å². The van der Waals surface area contributed by atoms with E-state index in [0.29, 0.717) is 6.42 Å². The van der Waals surface area contributed by atoms with Crippen LogP contribution in [0.3, 0.4) is 0 Å². The van der Waals surface area contributed by atoms with E-state index in [1.165, 1.54) is 5.56 Å². The van der Waals surface area contributed by atoms with Crippen molar-refractivity contribution in [3.05, 3.63) is 29.8 Å². The molecule has 0 amide bonds. The van der Waals surface area contributed by atoms with Gasteiger partial charge in [0.2, 0.25) is 0 Å². The first-order chi connectivity index (χ1) is 7.29. The van der Waals surface area contributed by atoms with Crippen LogP contribution in [0.4, 0.5) is 0 Å². The molecule has 2 heteroatoms. The summed E-state index contributed by atoms with van der Waals surface area (Å²) >= 11 is 0. The van der Waals surface area contributed by atoms with Gasteiger partial charge in [0.15, 0.2) is 0 Å². The summed E-state index contributed by atoms with van der Waals surface area (Å²) in [4.78, 5) is 0. The number of hydrogen-bond donors (Lipinski definition) is 0. The molecule has 0 N–H and O–H groups in total. The van der Waals surface area contributed by atoms with E-state index in [2.05, 4.69) is 19.1 Å². The lowest BCUT2D eigenvalue weighted by Crippen LogP contribution is -2.33. The highest BCUT2D eigenvalue weighted by Crippen LogP contribution is 2.39. The van der Waals surface area contributed by atoms with Crippen molar-refractivity contribution in [3.8, 4) is 11.8 Å². The molecule has 0 saturated carbocycles. The minimum Gasteiger partial charge on any atom is -0.486 e. The molecule has 1 aliphatic heterocycles.